The van der Waals surface area contributed by atoms with Crippen LogP contribution in [0, 0.1) is 0 Å². The first kappa shape index (κ1) is 15.5. The first-order chi connectivity index (χ1) is 10.2. The second-order valence-corrected chi connectivity index (χ2v) is 5.17. The van der Waals surface area contributed by atoms with Crippen LogP contribution in [-0.2, 0) is 6.42 Å². The van der Waals surface area contributed by atoms with Crippen molar-refractivity contribution in [1.29, 1.82) is 0 Å². The molecular weight excluding hydrogens is 260 g/mol. The van der Waals surface area contributed by atoms with Gasteiger partial charge in [-0.2, -0.15) is 0 Å². The van der Waals surface area contributed by atoms with Crippen LogP contribution in [0.5, 0.6) is 11.6 Å². The van der Waals surface area contributed by atoms with E-state index < -0.39 is 0 Å². The van der Waals surface area contributed by atoms with Gasteiger partial charge in [0, 0.05) is 18.3 Å². The first-order valence-electron chi connectivity index (χ1n) is 7.69. The van der Waals surface area contributed by atoms with Gasteiger partial charge in [0.1, 0.15) is 5.75 Å². The van der Waals surface area contributed by atoms with Crippen LogP contribution in [0.1, 0.15) is 44.4 Å². The summed E-state index contributed by atoms with van der Waals surface area (Å²) >= 11 is 0. The van der Waals surface area contributed by atoms with Gasteiger partial charge in [0.05, 0.1) is 0 Å². The standard InChI is InChI=1S/C18H24N2O/c1-4-11-19-14(3)16-10-12-20-18(13-16)21-17-9-7-6-8-15(17)5-2/h6-10,12-14,19H,4-5,11H2,1-3H3. The second kappa shape index (κ2) is 7.79. The second-order valence-electron chi connectivity index (χ2n) is 5.17. The summed E-state index contributed by atoms with van der Waals surface area (Å²) in [5.74, 6) is 1.54. The Bertz CT molecular complexity index is 569. The van der Waals surface area contributed by atoms with Crippen LogP contribution in [0.25, 0.3) is 0 Å². The summed E-state index contributed by atoms with van der Waals surface area (Å²) < 4.78 is 5.96. The van der Waals surface area contributed by atoms with E-state index in [4.69, 9.17) is 4.74 Å². The van der Waals surface area contributed by atoms with Crippen molar-refractivity contribution in [2.45, 2.75) is 39.7 Å². The van der Waals surface area contributed by atoms with Crippen LogP contribution < -0.4 is 10.1 Å². The monoisotopic (exact) mass is 284 g/mol. The van der Waals surface area contributed by atoms with E-state index in [-0.39, 0.29) is 0 Å². The Morgan fingerprint density at radius 3 is 2.76 bits per heavy atom. The lowest BCUT2D eigenvalue weighted by molar-refractivity contribution is 0.455. The van der Waals surface area contributed by atoms with Crippen LogP contribution in [0.4, 0.5) is 0 Å². The quantitative estimate of drug-likeness (QED) is 0.813. The summed E-state index contributed by atoms with van der Waals surface area (Å²) in [5.41, 5.74) is 2.39. The fourth-order valence-electron chi connectivity index (χ4n) is 2.24. The molecule has 1 aromatic carbocycles. The lowest BCUT2D eigenvalue weighted by Crippen LogP contribution is -2.19. The average Bonchev–Trinajstić information content (AvgIpc) is 2.53. The smallest absolute Gasteiger partial charge is 0.219 e. The molecule has 0 radical (unpaired) electrons. The van der Waals surface area contributed by atoms with Gasteiger partial charge in [-0.15, -0.1) is 0 Å². The number of aryl methyl sites for hydroxylation is 1. The third-order valence-corrected chi connectivity index (χ3v) is 3.53. The molecule has 0 aliphatic rings. The fraction of sp³-hybridized carbons (Fsp3) is 0.389. The van der Waals surface area contributed by atoms with E-state index in [2.05, 4.69) is 37.1 Å². The van der Waals surface area contributed by atoms with E-state index in [0.717, 1.165) is 25.1 Å². The van der Waals surface area contributed by atoms with E-state index in [1.165, 1.54) is 11.1 Å². The van der Waals surface area contributed by atoms with Gasteiger partial charge in [-0.1, -0.05) is 32.0 Å². The van der Waals surface area contributed by atoms with Crippen LogP contribution in [-0.4, -0.2) is 11.5 Å². The zero-order valence-electron chi connectivity index (χ0n) is 13.1. The molecule has 0 aliphatic carbocycles. The van der Waals surface area contributed by atoms with Crippen LogP contribution in [0.15, 0.2) is 42.6 Å². The maximum Gasteiger partial charge on any atom is 0.219 e. The fourth-order valence-corrected chi connectivity index (χ4v) is 2.24. The number of aromatic nitrogens is 1. The molecule has 3 heteroatoms. The largest absolute Gasteiger partial charge is 0.439 e. The Morgan fingerprint density at radius 1 is 1.19 bits per heavy atom. The van der Waals surface area contributed by atoms with Crippen LogP contribution in [0.3, 0.4) is 0 Å². The first-order valence-corrected chi connectivity index (χ1v) is 7.69. The predicted molar refractivity (Wildman–Crippen MR) is 86.8 cm³/mol. The zero-order valence-corrected chi connectivity index (χ0v) is 13.1. The Balaban J connectivity index is 2.14. The molecule has 0 fully saturated rings. The summed E-state index contributed by atoms with van der Waals surface area (Å²) in [6, 6.07) is 12.5. The minimum Gasteiger partial charge on any atom is -0.439 e. The molecular formula is C18H24N2O. The molecule has 2 aromatic rings. The minimum absolute atomic E-state index is 0.303. The lowest BCUT2D eigenvalue weighted by Gasteiger charge is -2.15. The molecule has 0 saturated heterocycles. The molecule has 2 rings (SSSR count). The van der Waals surface area contributed by atoms with E-state index in [0.29, 0.717) is 11.9 Å². The third-order valence-electron chi connectivity index (χ3n) is 3.53. The van der Waals surface area contributed by atoms with Crippen molar-refractivity contribution >= 4 is 0 Å². The Labute approximate surface area is 127 Å². The van der Waals surface area contributed by atoms with E-state index in [1.807, 2.05) is 36.5 Å². The molecule has 112 valence electrons. The highest BCUT2D eigenvalue weighted by atomic mass is 16.5. The molecule has 1 N–H and O–H groups in total. The van der Waals surface area contributed by atoms with Gasteiger partial charge in [0.2, 0.25) is 5.88 Å². The number of nitrogens with one attached hydrogen (secondary N) is 1. The number of ether oxygens (including phenoxy) is 1. The van der Waals surface area contributed by atoms with Crippen molar-refractivity contribution in [3.05, 3.63) is 53.7 Å². The molecule has 1 unspecified atom stereocenters. The molecule has 0 bridgehead atoms. The highest BCUT2D eigenvalue weighted by molar-refractivity contribution is 5.36. The maximum absolute atomic E-state index is 5.96. The van der Waals surface area contributed by atoms with E-state index in [9.17, 15) is 0 Å². The SMILES string of the molecule is CCCNC(C)c1ccnc(Oc2ccccc2CC)c1. The molecule has 0 saturated carbocycles. The highest BCUT2D eigenvalue weighted by Gasteiger charge is 2.08. The molecule has 0 aliphatic heterocycles. The minimum atomic E-state index is 0.303. The topological polar surface area (TPSA) is 34.2 Å². The maximum atomic E-state index is 5.96. The summed E-state index contributed by atoms with van der Waals surface area (Å²) in [6.45, 7) is 7.47. The molecule has 0 spiro atoms. The lowest BCUT2D eigenvalue weighted by atomic mass is 10.1. The van der Waals surface area contributed by atoms with Crippen molar-refractivity contribution in [2.75, 3.05) is 6.54 Å². The molecule has 21 heavy (non-hydrogen) atoms. The Kier molecular flexibility index (Phi) is 5.76. The predicted octanol–water partition coefficient (Wildman–Crippen LogP) is 4.50. The Hall–Kier alpha value is -1.87. The number of hydrogen-bond acceptors (Lipinski definition) is 3. The number of nitrogens with zero attached hydrogens (tertiary/aromatic N) is 1. The van der Waals surface area contributed by atoms with Crippen molar-refractivity contribution in [1.82, 2.24) is 10.3 Å². The molecule has 0 amide bonds. The van der Waals surface area contributed by atoms with Gasteiger partial charge in [-0.3, -0.25) is 0 Å². The van der Waals surface area contributed by atoms with Crippen molar-refractivity contribution in [2.24, 2.45) is 0 Å². The molecule has 1 aromatic heterocycles. The van der Waals surface area contributed by atoms with E-state index in [1.54, 1.807) is 0 Å². The summed E-state index contributed by atoms with van der Waals surface area (Å²) in [7, 11) is 0. The van der Waals surface area contributed by atoms with E-state index >= 15 is 0 Å². The van der Waals surface area contributed by atoms with Crippen LogP contribution in [0.2, 0.25) is 0 Å². The third kappa shape index (κ3) is 4.30. The number of rotatable bonds is 7. The number of hydrogen-bond donors (Lipinski definition) is 1. The summed E-state index contributed by atoms with van der Waals surface area (Å²) in [6.07, 6.45) is 3.89. The van der Waals surface area contributed by atoms with Gasteiger partial charge < -0.3 is 10.1 Å². The molecule has 1 heterocycles. The van der Waals surface area contributed by atoms with Crippen LogP contribution >= 0.6 is 0 Å². The average molecular weight is 284 g/mol. The van der Waals surface area contributed by atoms with Crippen molar-refractivity contribution in [3.8, 4) is 11.6 Å². The van der Waals surface area contributed by atoms with Gasteiger partial charge >= 0.3 is 0 Å². The van der Waals surface area contributed by atoms with Crippen molar-refractivity contribution < 1.29 is 4.74 Å². The van der Waals surface area contributed by atoms with Gasteiger partial charge in [-0.05, 0) is 49.6 Å². The Morgan fingerprint density at radius 2 is 2.00 bits per heavy atom. The number of para-hydroxylation sites is 1. The molecule has 1 atom stereocenters. The summed E-state index contributed by atoms with van der Waals surface area (Å²) in [4.78, 5) is 4.32. The zero-order chi connectivity index (χ0) is 15.1. The highest BCUT2D eigenvalue weighted by Crippen LogP contribution is 2.25. The number of pyridine rings is 1. The number of benzene rings is 1. The summed E-state index contributed by atoms with van der Waals surface area (Å²) in [5, 5.41) is 3.48. The normalized spacial score (nSPS) is 12.1. The van der Waals surface area contributed by atoms with Gasteiger partial charge in [0.25, 0.3) is 0 Å². The molecule has 3 nitrogen and oxygen atoms in total. The van der Waals surface area contributed by atoms with Gasteiger partial charge in [-0.25, -0.2) is 4.98 Å². The van der Waals surface area contributed by atoms with Gasteiger partial charge in [0.15, 0.2) is 0 Å². The van der Waals surface area contributed by atoms with Crippen molar-refractivity contribution in [3.63, 3.8) is 0 Å².